The summed E-state index contributed by atoms with van der Waals surface area (Å²) in [6.45, 7) is 8.71. The summed E-state index contributed by atoms with van der Waals surface area (Å²) in [6, 6.07) is 10.3. The minimum absolute atomic E-state index is 0.00553. The van der Waals surface area contributed by atoms with E-state index in [1.807, 2.05) is 51.4 Å². The molecule has 0 atom stereocenters. The summed E-state index contributed by atoms with van der Waals surface area (Å²) in [5.74, 6) is 0.752. The van der Waals surface area contributed by atoms with E-state index in [-0.39, 0.29) is 11.7 Å². The summed E-state index contributed by atoms with van der Waals surface area (Å²) in [7, 11) is 0. The highest BCUT2D eigenvalue weighted by Crippen LogP contribution is 2.27. The van der Waals surface area contributed by atoms with Gasteiger partial charge in [-0.05, 0) is 50.7 Å². The van der Waals surface area contributed by atoms with Gasteiger partial charge in [-0.1, -0.05) is 6.92 Å². The SMILES string of the molecule is CCC#N.N#CCCNN=C1CCOCC1.Nc1ccnn1C1CCOCC1.Nc1cnc2c(cnn2C2CCOCC2)c1.O=[N+]([O-])c1cnc2c(cnn2C2CCOCC2)c1. The van der Waals surface area contributed by atoms with E-state index >= 15 is 0 Å². The zero-order valence-electron chi connectivity index (χ0n) is 35.3. The highest BCUT2D eigenvalue weighted by atomic mass is 16.6. The second-order valence-corrected chi connectivity index (χ2v) is 14.6. The smallest absolute Gasteiger partial charge is 0.288 e. The number of nitro groups is 1. The molecular formula is C41H57N15O6. The van der Waals surface area contributed by atoms with E-state index in [9.17, 15) is 10.1 Å². The highest BCUT2D eigenvalue weighted by molar-refractivity contribution is 5.84. The van der Waals surface area contributed by atoms with Crippen LogP contribution < -0.4 is 16.9 Å². The minimum atomic E-state index is -0.446. The fourth-order valence-electron chi connectivity index (χ4n) is 6.94. The molecule has 21 nitrogen and oxygen atoms in total. The average molecular weight is 856 g/mol. The lowest BCUT2D eigenvalue weighted by atomic mass is 10.1. The maximum absolute atomic E-state index is 10.7. The van der Waals surface area contributed by atoms with Crippen molar-refractivity contribution in [3.8, 4) is 12.1 Å². The number of nitrogen functional groups attached to an aromatic ring is 2. The fourth-order valence-corrected chi connectivity index (χ4v) is 6.94. The minimum Gasteiger partial charge on any atom is -0.397 e. The van der Waals surface area contributed by atoms with E-state index in [4.69, 9.17) is 40.9 Å². The third-order valence-corrected chi connectivity index (χ3v) is 10.2. The summed E-state index contributed by atoms with van der Waals surface area (Å²) >= 11 is 0. The second kappa shape index (κ2) is 25.5. The number of anilines is 2. The van der Waals surface area contributed by atoms with Crippen molar-refractivity contribution in [1.29, 1.82) is 10.5 Å². The largest absolute Gasteiger partial charge is 0.397 e. The molecule has 9 rings (SSSR count). The van der Waals surface area contributed by atoms with Crippen LogP contribution in [0.25, 0.3) is 22.1 Å². The van der Waals surface area contributed by atoms with Gasteiger partial charge in [-0.15, -0.1) is 0 Å². The van der Waals surface area contributed by atoms with Gasteiger partial charge in [0.15, 0.2) is 11.3 Å². The van der Waals surface area contributed by atoms with E-state index in [1.54, 1.807) is 18.6 Å². The Hall–Kier alpha value is -6.26. The third-order valence-electron chi connectivity index (χ3n) is 10.2. The number of fused-ring (bicyclic) bond motifs is 2. The first-order valence-electron chi connectivity index (χ1n) is 21.0. The quantitative estimate of drug-likeness (QED) is 0.104. The molecule has 0 radical (unpaired) electrons. The maximum Gasteiger partial charge on any atom is 0.288 e. The lowest BCUT2D eigenvalue weighted by Gasteiger charge is -2.23. The zero-order valence-corrected chi connectivity index (χ0v) is 35.3. The lowest BCUT2D eigenvalue weighted by Crippen LogP contribution is -2.21. The molecule has 5 N–H and O–H groups in total. The van der Waals surface area contributed by atoms with Crippen molar-refractivity contribution in [2.24, 2.45) is 5.10 Å². The molecule has 4 saturated heterocycles. The second-order valence-electron chi connectivity index (χ2n) is 14.6. The van der Waals surface area contributed by atoms with Gasteiger partial charge >= 0.3 is 0 Å². The van der Waals surface area contributed by atoms with Crippen LogP contribution >= 0.6 is 0 Å². The van der Waals surface area contributed by atoms with Crippen LogP contribution in [0.4, 0.5) is 17.2 Å². The molecule has 0 amide bonds. The molecule has 5 aromatic heterocycles. The number of hydrazone groups is 1. The van der Waals surface area contributed by atoms with Crippen molar-refractivity contribution in [3.63, 3.8) is 0 Å². The Kier molecular flexibility index (Phi) is 19.2. The molecule has 0 aromatic carbocycles. The molecule has 332 valence electrons. The van der Waals surface area contributed by atoms with Crippen LogP contribution in [0.1, 0.15) is 89.3 Å². The Morgan fingerprint density at radius 3 is 1.74 bits per heavy atom. The van der Waals surface area contributed by atoms with Crippen molar-refractivity contribution in [3.05, 3.63) is 59.3 Å². The number of ether oxygens (including phenoxy) is 4. The van der Waals surface area contributed by atoms with E-state index in [0.717, 1.165) is 127 Å². The molecule has 62 heavy (non-hydrogen) atoms. The van der Waals surface area contributed by atoms with Crippen molar-refractivity contribution in [2.75, 3.05) is 70.9 Å². The van der Waals surface area contributed by atoms with Crippen LogP contribution in [-0.4, -0.2) is 109 Å². The van der Waals surface area contributed by atoms with Crippen LogP contribution in [0.3, 0.4) is 0 Å². The summed E-state index contributed by atoms with van der Waals surface area (Å²) in [5, 5.41) is 45.3. The van der Waals surface area contributed by atoms with Crippen molar-refractivity contribution in [2.45, 2.75) is 89.3 Å². The number of hydrogen-bond donors (Lipinski definition) is 3. The highest BCUT2D eigenvalue weighted by Gasteiger charge is 2.21. The van der Waals surface area contributed by atoms with Crippen molar-refractivity contribution in [1.82, 2.24) is 44.7 Å². The molecule has 21 heteroatoms. The van der Waals surface area contributed by atoms with Gasteiger partial charge in [0, 0.05) is 88.0 Å². The van der Waals surface area contributed by atoms with Crippen LogP contribution in [0.5, 0.6) is 0 Å². The van der Waals surface area contributed by atoms with Crippen LogP contribution in [0.2, 0.25) is 0 Å². The van der Waals surface area contributed by atoms with Gasteiger partial charge in [0.1, 0.15) is 12.0 Å². The number of hydrogen-bond acceptors (Lipinski definition) is 17. The van der Waals surface area contributed by atoms with Crippen molar-refractivity contribution < 1.29 is 23.9 Å². The maximum atomic E-state index is 10.7. The van der Waals surface area contributed by atoms with E-state index in [0.29, 0.717) is 48.2 Å². The van der Waals surface area contributed by atoms with E-state index in [1.165, 1.54) is 12.3 Å². The number of aromatic nitrogens is 8. The number of rotatable bonds is 7. The molecule has 0 spiro atoms. The Labute approximate surface area is 360 Å². The van der Waals surface area contributed by atoms with Gasteiger partial charge in [-0.25, -0.2) is 24.0 Å². The normalized spacial score (nSPS) is 17.0. The number of nitrogens with one attached hydrogen (secondary N) is 1. The Morgan fingerprint density at radius 1 is 0.758 bits per heavy atom. The molecule has 0 saturated carbocycles. The van der Waals surface area contributed by atoms with E-state index in [2.05, 4.69) is 35.8 Å². The number of pyridine rings is 2. The molecule has 0 bridgehead atoms. The molecule has 9 heterocycles. The first-order valence-corrected chi connectivity index (χ1v) is 21.0. The summed E-state index contributed by atoms with van der Waals surface area (Å²) in [4.78, 5) is 18.7. The first kappa shape index (κ1) is 46.8. The van der Waals surface area contributed by atoms with Gasteiger partial charge in [0.2, 0.25) is 0 Å². The fraction of sp³-hybridized carbons (Fsp3) is 0.561. The Morgan fingerprint density at radius 2 is 1.26 bits per heavy atom. The van der Waals surface area contributed by atoms with Gasteiger partial charge in [0.25, 0.3) is 5.69 Å². The van der Waals surface area contributed by atoms with Gasteiger partial charge < -0.3 is 35.8 Å². The molecule has 0 unspecified atom stereocenters. The Balaban J connectivity index is 0.000000154. The number of nitrogens with zero attached hydrogens (tertiary/aromatic N) is 12. The lowest BCUT2D eigenvalue weighted by molar-refractivity contribution is -0.385. The molecule has 4 fully saturated rings. The third kappa shape index (κ3) is 14.2. The van der Waals surface area contributed by atoms with Gasteiger partial charge in [0.05, 0.1) is 85.3 Å². The monoisotopic (exact) mass is 855 g/mol. The predicted octanol–water partition coefficient (Wildman–Crippen LogP) is 5.45. The number of nitriles is 2. The topological polar surface area (TPSA) is 283 Å². The van der Waals surface area contributed by atoms with Crippen LogP contribution in [-0.2, 0) is 18.9 Å². The molecule has 0 aliphatic carbocycles. The summed E-state index contributed by atoms with van der Waals surface area (Å²) < 4.78 is 26.8. The zero-order chi connectivity index (χ0) is 43.9. The van der Waals surface area contributed by atoms with Crippen LogP contribution in [0, 0.1) is 32.8 Å². The Bertz CT molecular complexity index is 2220. The van der Waals surface area contributed by atoms with Gasteiger partial charge in [-0.2, -0.15) is 30.9 Å². The van der Waals surface area contributed by atoms with E-state index < -0.39 is 4.92 Å². The predicted molar refractivity (Wildman–Crippen MR) is 232 cm³/mol. The average Bonchev–Trinajstić information content (AvgIpc) is 4.08. The first-order chi connectivity index (χ1) is 30.3. The molecule has 5 aromatic rings. The molecule has 4 aliphatic heterocycles. The molecular weight excluding hydrogens is 799 g/mol. The summed E-state index contributed by atoms with van der Waals surface area (Å²) in [5.41, 5.74) is 17.7. The number of nitrogens with two attached hydrogens (primary N) is 2. The van der Waals surface area contributed by atoms with Crippen LogP contribution in [0.15, 0.2) is 54.3 Å². The van der Waals surface area contributed by atoms with Crippen molar-refractivity contribution >= 4 is 45.0 Å². The molecule has 4 aliphatic rings. The summed E-state index contributed by atoms with van der Waals surface area (Å²) in [6.07, 6.45) is 17.0. The van der Waals surface area contributed by atoms with Gasteiger partial charge in [-0.3, -0.25) is 10.1 Å². The standard InChI is InChI=1S/C11H12N4O3.C11H14N4O.2C8H13N3O.C3H5N/c16-15(17)10-5-8-6-13-14(11(8)12-7-10)9-1-3-18-4-2-9;12-9-5-8-6-14-15(11(8)13-7-9)10-1-3-16-4-2-10;9-8-1-4-10-11(8)7-2-5-12-6-3-7;9-4-1-5-10-11-8-2-6-12-7-3-8;1-2-3-4/h5-7,9H,1-4H2;5-7,10H,1-4,12H2;1,4,7H,2-3,5-6,9H2;10H,1-3,5-7H2;2H2,1H3.